The first kappa shape index (κ1) is 27.3. The third kappa shape index (κ3) is 4.92. The lowest BCUT2D eigenvalue weighted by atomic mass is 9.87. The minimum Gasteiger partial charge on any atom is -0.496 e. The zero-order chi connectivity index (χ0) is 28.4. The number of ether oxygens (including phenoxy) is 2. The van der Waals surface area contributed by atoms with Gasteiger partial charge in [-0.15, -0.1) is 0 Å². The molecule has 0 saturated carbocycles. The van der Waals surface area contributed by atoms with Gasteiger partial charge in [0.15, 0.2) is 0 Å². The molecule has 2 atom stereocenters. The molecule has 210 valence electrons. The number of methoxy groups -OCH3 is 2. The predicted octanol–water partition coefficient (Wildman–Crippen LogP) is 4.60. The second kappa shape index (κ2) is 11.5. The largest absolute Gasteiger partial charge is 0.496 e. The quantitative estimate of drug-likeness (QED) is 0.402. The van der Waals surface area contributed by atoms with E-state index in [-0.39, 0.29) is 17.9 Å². The Morgan fingerprint density at radius 1 is 1.10 bits per heavy atom. The lowest BCUT2D eigenvalue weighted by Crippen LogP contribution is -2.41. The van der Waals surface area contributed by atoms with Gasteiger partial charge in [0.1, 0.15) is 28.6 Å². The summed E-state index contributed by atoms with van der Waals surface area (Å²) in [5, 5.41) is 8.37. The Labute approximate surface area is 234 Å². The maximum Gasteiger partial charge on any atom is 0.254 e. The van der Waals surface area contributed by atoms with E-state index in [1.165, 1.54) is 6.08 Å². The van der Waals surface area contributed by atoms with Crippen LogP contribution in [0, 0.1) is 5.92 Å². The van der Waals surface area contributed by atoms with Crippen molar-refractivity contribution >= 4 is 17.6 Å². The average molecular weight is 544 g/mol. The molecule has 2 amide bonds. The summed E-state index contributed by atoms with van der Waals surface area (Å²) in [6.07, 6.45) is 3.96. The molecule has 1 saturated heterocycles. The van der Waals surface area contributed by atoms with Crippen molar-refractivity contribution in [3.63, 3.8) is 0 Å². The first-order valence-electron chi connectivity index (χ1n) is 13.8. The zero-order valence-corrected chi connectivity index (χ0v) is 23.4. The number of nitrogens with one attached hydrogen (secondary N) is 1. The molecule has 40 heavy (non-hydrogen) atoms. The number of aromatic nitrogens is 2. The Morgan fingerprint density at radius 2 is 1.75 bits per heavy atom. The molecule has 2 unspecified atom stereocenters. The van der Waals surface area contributed by atoms with Crippen molar-refractivity contribution in [2.24, 2.45) is 11.7 Å². The number of hydrogen-bond donors (Lipinski definition) is 2. The van der Waals surface area contributed by atoms with E-state index in [1.54, 1.807) is 14.2 Å². The number of benzene rings is 2. The van der Waals surface area contributed by atoms with Gasteiger partial charge in [-0.05, 0) is 49.0 Å². The van der Waals surface area contributed by atoms with Crippen molar-refractivity contribution < 1.29 is 19.1 Å². The molecule has 2 aliphatic rings. The smallest absolute Gasteiger partial charge is 0.254 e. The van der Waals surface area contributed by atoms with Crippen LogP contribution in [0.15, 0.2) is 55.1 Å². The molecule has 0 spiro atoms. The number of carbonyl (C=O) groups excluding carboxylic acids is 2. The van der Waals surface area contributed by atoms with E-state index in [1.807, 2.05) is 39.9 Å². The highest BCUT2D eigenvalue weighted by atomic mass is 16.5. The molecule has 9 nitrogen and oxygen atoms in total. The van der Waals surface area contributed by atoms with Crippen molar-refractivity contribution in [1.82, 2.24) is 14.7 Å². The molecule has 2 aliphatic heterocycles. The molecular weight excluding hydrogens is 506 g/mol. The second-order valence-electron chi connectivity index (χ2n) is 10.5. The normalized spacial score (nSPS) is 17.9. The minimum atomic E-state index is -0.546. The molecule has 0 bridgehead atoms. The monoisotopic (exact) mass is 543 g/mol. The van der Waals surface area contributed by atoms with Gasteiger partial charge in [-0.25, -0.2) is 4.68 Å². The van der Waals surface area contributed by atoms with Crippen LogP contribution in [0.5, 0.6) is 11.5 Å². The number of hydrogen-bond acceptors (Lipinski definition) is 6. The predicted molar refractivity (Wildman–Crippen MR) is 155 cm³/mol. The van der Waals surface area contributed by atoms with Gasteiger partial charge in [-0.2, -0.15) is 5.10 Å². The number of nitrogens with zero attached hydrogens (tertiary/aromatic N) is 3. The summed E-state index contributed by atoms with van der Waals surface area (Å²) in [5.41, 5.74) is 9.56. The summed E-state index contributed by atoms with van der Waals surface area (Å²) in [4.78, 5) is 26.8. The van der Waals surface area contributed by atoms with Crippen molar-refractivity contribution in [2.45, 2.75) is 38.1 Å². The fourth-order valence-corrected chi connectivity index (χ4v) is 6.22. The van der Waals surface area contributed by atoms with Gasteiger partial charge in [-0.1, -0.05) is 43.8 Å². The molecule has 3 aromatic rings. The average Bonchev–Trinajstić information content (AvgIpc) is 3.40. The van der Waals surface area contributed by atoms with E-state index in [0.717, 1.165) is 30.4 Å². The number of amides is 2. The van der Waals surface area contributed by atoms with Crippen LogP contribution in [0.4, 0.5) is 5.82 Å². The summed E-state index contributed by atoms with van der Waals surface area (Å²) in [6.45, 7) is 7.80. The number of rotatable bonds is 8. The summed E-state index contributed by atoms with van der Waals surface area (Å²) >= 11 is 0. The summed E-state index contributed by atoms with van der Waals surface area (Å²) in [6, 6.07) is 14.1. The van der Waals surface area contributed by atoms with Gasteiger partial charge in [0.05, 0.1) is 20.3 Å². The fraction of sp³-hybridized carbons (Fsp3) is 0.387. The Bertz CT molecular complexity index is 1380. The van der Waals surface area contributed by atoms with Crippen LogP contribution in [0.2, 0.25) is 0 Å². The lowest BCUT2D eigenvalue weighted by Gasteiger charge is -2.38. The van der Waals surface area contributed by atoms with Crippen LogP contribution in [-0.4, -0.2) is 60.3 Å². The van der Waals surface area contributed by atoms with Gasteiger partial charge in [0.2, 0.25) is 5.91 Å². The molecular formula is C31H37N5O4. The fourth-order valence-electron chi connectivity index (χ4n) is 6.22. The molecule has 9 heteroatoms. The molecule has 3 N–H and O–H groups in total. The maximum atomic E-state index is 12.8. The SMILES string of the molecule is C=CC(=O)N1CCC(C2CCNc3c(C(N)=O)c(-c4cc(OC)c(C(C)c5ccccc5)c(OC)c4)nn32)CC1. The molecule has 3 heterocycles. The van der Waals surface area contributed by atoms with E-state index < -0.39 is 5.91 Å². The molecule has 2 aromatic carbocycles. The number of nitrogens with two attached hydrogens (primary N) is 1. The first-order valence-corrected chi connectivity index (χ1v) is 13.8. The van der Waals surface area contributed by atoms with Crippen LogP contribution < -0.4 is 20.5 Å². The lowest BCUT2D eigenvalue weighted by molar-refractivity contribution is -0.127. The van der Waals surface area contributed by atoms with E-state index in [0.29, 0.717) is 59.7 Å². The number of primary amides is 1. The third-order valence-electron chi connectivity index (χ3n) is 8.32. The third-order valence-corrected chi connectivity index (χ3v) is 8.32. The Morgan fingerprint density at radius 3 is 2.33 bits per heavy atom. The molecule has 1 aromatic heterocycles. The van der Waals surface area contributed by atoms with Crippen molar-refractivity contribution in [1.29, 1.82) is 0 Å². The first-order chi connectivity index (χ1) is 19.4. The maximum absolute atomic E-state index is 12.8. The van der Waals surface area contributed by atoms with Crippen LogP contribution in [0.25, 0.3) is 11.3 Å². The number of piperidine rings is 1. The summed E-state index contributed by atoms with van der Waals surface area (Å²) in [7, 11) is 3.27. The van der Waals surface area contributed by atoms with E-state index in [4.69, 9.17) is 20.3 Å². The molecule has 0 radical (unpaired) electrons. The number of fused-ring (bicyclic) bond motifs is 1. The second-order valence-corrected chi connectivity index (χ2v) is 10.5. The van der Waals surface area contributed by atoms with Gasteiger partial charge < -0.3 is 25.4 Å². The van der Waals surface area contributed by atoms with Crippen molar-refractivity contribution in [3.05, 3.63) is 71.8 Å². The topological polar surface area (TPSA) is 112 Å². The highest BCUT2D eigenvalue weighted by Gasteiger charge is 2.36. The highest BCUT2D eigenvalue weighted by molar-refractivity contribution is 6.04. The van der Waals surface area contributed by atoms with Crippen LogP contribution in [0.1, 0.15) is 59.6 Å². The Balaban J connectivity index is 1.55. The summed E-state index contributed by atoms with van der Waals surface area (Å²) < 4.78 is 13.7. The molecule has 1 fully saturated rings. The van der Waals surface area contributed by atoms with E-state index >= 15 is 0 Å². The molecule has 5 rings (SSSR count). The van der Waals surface area contributed by atoms with Crippen LogP contribution >= 0.6 is 0 Å². The van der Waals surface area contributed by atoms with Gasteiger partial charge in [0, 0.05) is 36.7 Å². The van der Waals surface area contributed by atoms with E-state index in [9.17, 15) is 9.59 Å². The van der Waals surface area contributed by atoms with E-state index in [2.05, 4.69) is 31.0 Å². The van der Waals surface area contributed by atoms with Crippen LogP contribution in [-0.2, 0) is 4.79 Å². The Kier molecular flexibility index (Phi) is 7.82. The number of anilines is 1. The zero-order valence-electron chi connectivity index (χ0n) is 23.4. The standard InChI is InChI=1S/C31H37N5O4/c1-5-26(37)35-15-12-21(13-16-35)23-11-14-33-31-28(30(32)38)29(34-36(23)31)22-17-24(39-3)27(25(18-22)40-4)19(2)20-9-7-6-8-10-20/h5-10,17-19,21,23,33H,1,11-16H2,2-4H3,(H2,32,38). The van der Waals surface area contributed by atoms with Crippen molar-refractivity contribution in [3.8, 4) is 22.8 Å². The number of carbonyl (C=O) groups is 2. The van der Waals surface area contributed by atoms with Crippen molar-refractivity contribution in [2.75, 3.05) is 39.2 Å². The Hall–Kier alpha value is -4.27. The summed E-state index contributed by atoms with van der Waals surface area (Å²) in [5.74, 6) is 1.69. The van der Waals surface area contributed by atoms with Crippen LogP contribution in [0.3, 0.4) is 0 Å². The minimum absolute atomic E-state index is 0.0100. The van der Waals surface area contributed by atoms with Gasteiger partial charge in [-0.3, -0.25) is 9.59 Å². The highest BCUT2D eigenvalue weighted by Crippen LogP contribution is 2.45. The number of likely N-dealkylation sites (tertiary alicyclic amines) is 1. The van der Waals surface area contributed by atoms with Gasteiger partial charge >= 0.3 is 0 Å². The molecule has 0 aliphatic carbocycles. The van der Waals surface area contributed by atoms with Gasteiger partial charge in [0.25, 0.3) is 5.91 Å².